The van der Waals surface area contributed by atoms with Crippen LogP contribution in [0.4, 0.5) is 0 Å². The average molecular weight is 230 g/mol. The standard InChI is InChI=1S/C11H22N2OS/c1-11(8-12,9-5-6-9)13-10(14)4-3-7-15-2/h9H,3-8,12H2,1-2H3,(H,13,14). The zero-order chi connectivity index (χ0) is 11.3. The van der Waals surface area contributed by atoms with Gasteiger partial charge in [0.2, 0.25) is 5.91 Å². The number of carbonyl (C=O) groups excluding carboxylic acids is 1. The van der Waals surface area contributed by atoms with E-state index in [1.165, 1.54) is 12.8 Å². The maximum absolute atomic E-state index is 11.6. The molecule has 1 saturated carbocycles. The van der Waals surface area contributed by atoms with Crippen molar-refractivity contribution in [2.24, 2.45) is 11.7 Å². The van der Waals surface area contributed by atoms with Crippen molar-refractivity contribution in [3.63, 3.8) is 0 Å². The summed E-state index contributed by atoms with van der Waals surface area (Å²) in [4.78, 5) is 11.6. The first-order valence-corrected chi connectivity index (χ1v) is 7.02. The van der Waals surface area contributed by atoms with E-state index in [0.717, 1.165) is 12.2 Å². The molecule has 0 radical (unpaired) electrons. The maximum Gasteiger partial charge on any atom is 0.220 e. The van der Waals surface area contributed by atoms with Crippen molar-refractivity contribution < 1.29 is 4.79 Å². The van der Waals surface area contributed by atoms with Crippen LogP contribution in [0.5, 0.6) is 0 Å². The lowest BCUT2D eigenvalue weighted by Gasteiger charge is -2.29. The largest absolute Gasteiger partial charge is 0.349 e. The summed E-state index contributed by atoms with van der Waals surface area (Å²) in [5.41, 5.74) is 5.58. The molecule has 0 aromatic rings. The lowest BCUT2D eigenvalue weighted by atomic mass is 9.95. The number of nitrogens with one attached hydrogen (secondary N) is 1. The van der Waals surface area contributed by atoms with Crippen molar-refractivity contribution in [3.8, 4) is 0 Å². The molecule has 0 heterocycles. The maximum atomic E-state index is 11.6. The van der Waals surface area contributed by atoms with Gasteiger partial charge in [0, 0.05) is 13.0 Å². The van der Waals surface area contributed by atoms with Gasteiger partial charge in [0.25, 0.3) is 0 Å². The summed E-state index contributed by atoms with van der Waals surface area (Å²) in [5, 5.41) is 3.09. The normalized spacial score (nSPS) is 19.7. The summed E-state index contributed by atoms with van der Waals surface area (Å²) in [7, 11) is 0. The van der Waals surface area contributed by atoms with Crippen LogP contribution < -0.4 is 11.1 Å². The zero-order valence-electron chi connectivity index (χ0n) is 9.71. The van der Waals surface area contributed by atoms with Crippen LogP contribution in [-0.2, 0) is 4.79 Å². The minimum absolute atomic E-state index is 0.156. The molecule has 1 aliphatic carbocycles. The Morgan fingerprint density at radius 2 is 2.27 bits per heavy atom. The average Bonchev–Trinajstić information content (AvgIpc) is 3.01. The molecule has 1 fully saturated rings. The van der Waals surface area contributed by atoms with E-state index in [0.29, 0.717) is 18.9 Å². The Morgan fingerprint density at radius 1 is 1.60 bits per heavy atom. The Hall–Kier alpha value is -0.220. The summed E-state index contributed by atoms with van der Waals surface area (Å²) in [6.07, 6.45) is 6.06. The van der Waals surface area contributed by atoms with Gasteiger partial charge in [-0.25, -0.2) is 0 Å². The first-order valence-electron chi connectivity index (χ1n) is 5.62. The van der Waals surface area contributed by atoms with Crippen molar-refractivity contribution in [1.29, 1.82) is 0 Å². The quantitative estimate of drug-likeness (QED) is 0.650. The van der Waals surface area contributed by atoms with Gasteiger partial charge in [0.1, 0.15) is 0 Å². The van der Waals surface area contributed by atoms with Gasteiger partial charge >= 0.3 is 0 Å². The van der Waals surface area contributed by atoms with E-state index in [9.17, 15) is 4.79 Å². The number of hydrogen-bond acceptors (Lipinski definition) is 3. The molecular formula is C11H22N2OS. The van der Waals surface area contributed by atoms with E-state index in [1.54, 1.807) is 11.8 Å². The Kier molecular flexibility index (Phi) is 4.93. The molecule has 88 valence electrons. The third-order valence-electron chi connectivity index (χ3n) is 3.08. The van der Waals surface area contributed by atoms with Crippen LogP contribution in [0.15, 0.2) is 0 Å². The predicted octanol–water partition coefficient (Wildman–Crippen LogP) is 1.37. The van der Waals surface area contributed by atoms with Gasteiger partial charge in [-0.15, -0.1) is 0 Å². The first-order chi connectivity index (χ1) is 7.12. The SMILES string of the molecule is CSCCCC(=O)NC(C)(CN)C1CC1. The van der Waals surface area contributed by atoms with Gasteiger partial charge in [-0.2, -0.15) is 11.8 Å². The predicted molar refractivity (Wildman–Crippen MR) is 65.9 cm³/mol. The summed E-state index contributed by atoms with van der Waals surface area (Å²) >= 11 is 1.78. The highest BCUT2D eigenvalue weighted by Gasteiger charge is 2.41. The van der Waals surface area contributed by atoms with Gasteiger partial charge in [0.15, 0.2) is 0 Å². The zero-order valence-corrected chi connectivity index (χ0v) is 10.5. The van der Waals surface area contributed by atoms with Crippen LogP contribution in [0.25, 0.3) is 0 Å². The van der Waals surface area contributed by atoms with Crippen molar-refractivity contribution in [2.45, 2.75) is 38.1 Å². The van der Waals surface area contributed by atoms with Crippen molar-refractivity contribution in [1.82, 2.24) is 5.32 Å². The van der Waals surface area contributed by atoms with Crippen LogP contribution in [0.1, 0.15) is 32.6 Å². The van der Waals surface area contributed by atoms with E-state index in [-0.39, 0.29) is 11.4 Å². The molecule has 3 nitrogen and oxygen atoms in total. The Labute approximate surface area is 96.6 Å². The second-order valence-corrected chi connectivity index (χ2v) is 5.53. The van der Waals surface area contributed by atoms with Crippen LogP contribution in [0.2, 0.25) is 0 Å². The van der Waals surface area contributed by atoms with Crippen molar-refractivity contribution in [3.05, 3.63) is 0 Å². The molecule has 1 amide bonds. The number of amides is 1. The number of nitrogens with two attached hydrogens (primary N) is 1. The van der Waals surface area contributed by atoms with Crippen molar-refractivity contribution in [2.75, 3.05) is 18.6 Å². The van der Waals surface area contributed by atoms with Gasteiger partial charge < -0.3 is 11.1 Å². The number of hydrogen-bond donors (Lipinski definition) is 2. The molecule has 1 atom stereocenters. The smallest absolute Gasteiger partial charge is 0.220 e. The molecule has 0 aliphatic heterocycles. The van der Waals surface area contributed by atoms with Crippen LogP contribution in [-0.4, -0.2) is 30.0 Å². The van der Waals surface area contributed by atoms with Gasteiger partial charge in [-0.05, 0) is 44.1 Å². The first kappa shape index (κ1) is 12.8. The highest BCUT2D eigenvalue weighted by atomic mass is 32.2. The number of thioether (sulfide) groups is 1. The summed E-state index contributed by atoms with van der Waals surface area (Å²) in [6.45, 7) is 2.61. The summed E-state index contributed by atoms with van der Waals surface area (Å²) < 4.78 is 0. The topological polar surface area (TPSA) is 55.1 Å². The molecule has 3 N–H and O–H groups in total. The molecular weight excluding hydrogens is 208 g/mol. The fourth-order valence-corrected chi connectivity index (χ4v) is 2.23. The summed E-state index contributed by atoms with van der Waals surface area (Å²) in [6, 6.07) is 0. The third kappa shape index (κ3) is 4.03. The van der Waals surface area contributed by atoms with Crippen LogP contribution in [0.3, 0.4) is 0 Å². The Bertz CT molecular complexity index is 219. The van der Waals surface area contributed by atoms with Crippen LogP contribution in [0, 0.1) is 5.92 Å². The van der Waals surface area contributed by atoms with Crippen molar-refractivity contribution >= 4 is 17.7 Å². The Morgan fingerprint density at radius 3 is 2.73 bits per heavy atom. The second-order valence-electron chi connectivity index (χ2n) is 4.54. The fourth-order valence-electron chi connectivity index (χ4n) is 1.80. The van der Waals surface area contributed by atoms with E-state index in [1.807, 2.05) is 0 Å². The van der Waals surface area contributed by atoms with E-state index >= 15 is 0 Å². The highest BCUT2D eigenvalue weighted by molar-refractivity contribution is 7.98. The highest BCUT2D eigenvalue weighted by Crippen LogP contribution is 2.38. The van der Waals surface area contributed by atoms with E-state index in [4.69, 9.17) is 5.73 Å². The molecule has 0 spiro atoms. The van der Waals surface area contributed by atoms with Gasteiger partial charge in [-0.1, -0.05) is 0 Å². The molecule has 0 saturated heterocycles. The molecule has 1 rings (SSSR count). The lowest BCUT2D eigenvalue weighted by Crippen LogP contribution is -2.53. The molecule has 1 unspecified atom stereocenters. The van der Waals surface area contributed by atoms with E-state index in [2.05, 4.69) is 18.5 Å². The number of rotatable bonds is 7. The lowest BCUT2D eigenvalue weighted by molar-refractivity contribution is -0.123. The fraction of sp³-hybridized carbons (Fsp3) is 0.909. The molecule has 1 aliphatic rings. The van der Waals surface area contributed by atoms with Gasteiger partial charge in [0.05, 0.1) is 5.54 Å². The molecule has 0 aromatic heterocycles. The molecule has 15 heavy (non-hydrogen) atoms. The summed E-state index contributed by atoms with van der Waals surface area (Å²) in [5.74, 6) is 1.81. The Balaban J connectivity index is 2.28. The number of carbonyl (C=O) groups is 1. The molecule has 0 bridgehead atoms. The van der Waals surface area contributed by atoms with E-state index < -0.39 is 0 Å². The second kappa shape index (κ2) is 5.75. The molecule has 4 heteroatoms. The van der Waals surface area contributed by atoms with Gasteiger partial charge in [-0.3, -0.25) is 4.79 Å². The molecule has 0 aromatic carbocycles. The monoisotopic (exact) mass is 230 g/mol. The minimum atomic E-state index is -0.156. The third-order valence-corrected chi connectivity index (χ3v) is 3.78. The van der Waals surface area contributed by atoms with Crippen LogP contribution >= 0.6 is 11.8 Å². The minimum Gasteiger partial charge on any atom is -0.349 e.